The van der Waals surface area contributed by atoms with Gasteiger partial charge in [-0.05, 0) is 36.5 Å². The fraction of sp³-hybridized carbons (Fsp3) is 1.00. The molecule has 0 radical (unpaired) electrons. The summed E-state index contributed by atoms with van der Waals surface area (Å²) in [5.74, 6) is 0. The fourth-order valence-corrected chi connectivity index (χ4v) is 2.41. The first-order chi connectivity index (χ1) is 5.91. The van der Waals surface area contributed by atoms with Gasteiger partial charge in [0.2, 0.25) is 0 Å². The zero-order valence-electron chi connectivity index (χ0n) is 9.01. The van der Waals surface area contributed by atoms with Crippen molar-refractivity contribution in [3.8, 4) is 0 Å². The van der Waals surface area contributed by atoms with E-state index in [0.29, 0.717) is 0 Å². The van der Waals surface area contributed by atoms with Gasteiger partial charge in [-0.25, -0.2) is 0 Å². The van der Waals surface area contributed by atoms with Crippen LogP contribution in [0.1, 0.15) is 46.5 Å². The highest BCUT2D eigenvalue weighted by atomic mass is 16.3. The van der Waals surface area contributed by atoms with Gasteiger partial charge in [-0.2, -0.15) is 0 Å². The molecule has 0 bridgehead atoms. The smallest absolute Gasteiger partial charge is 0.0545 e. The van der Waals surface area contributed by atoms with Gasteiger partial charge in [0.05, 0.1) is 6.10 Å². The van der Waals surface area contributed by atoms with Crippen LogP contribution in [0.4, 0.5) is 0 Å². The van der Waals surface area contributed by atoms with Crippen molar-refractivity contribution in [2.45, 2.75) is 52.6 Å². The Balaban J connectivity index is 2.75. The number of hydrogen-bond acceptors (Lipinski definition) is 2. The Morgan fingerprint density at radius 3 is 2.46 bits per heavy atom. The predicted molar refractivity (Wildman–Crippen MR) is 53.4 cm³/mol. The molecule has 0 aromatic rings. The van der Waals surface area contributed by atoms with Crippen molar-refractivity contribution in [2.24, 2.45) is 10.8 Å². The lowest BCUT2D eigenvalue weighted by atomic mass is 9.57. The second-order valence-electron chi connectivity index (χ2n) is 5.31. The standard InChI is InChI=1S/C11H22O2/c1-10(2)5-4-9(13)8-11(10,3)6-7-12/h9,12-13H,4-8H2,1-3H3. The molecule has 0 aromatic carbocycles. The highest BCUT2D eigenvalue weighted by Gasteiger charge is 2.44. The topological polar surface area (TPSA) is 40.5 Å². The van der Waals surface area contributed by atoms with Gasteiger partial charge in [0.15, 0.2) is 0 Å². The van der Waals surface area contributed by atoms with E-state index in [1.165, 1.54) is 0 Å². The Morgan fingerprint density at radius 2 is 1.92 bits per heavy atom. The molecule has 1 aliphatic rings. The quantitative estimate of drug-likeness (QED) is 0.692. The van der Waals surface area contributed by atoms with Crippen molar-refractivity contribution in [3.05, 3.63) is 0 Å². The lowest BCUT2D eigenvalue weighted by molar-refractivity contribution is -0.0496. The van der Waals surface area contributed by atoms with Gasteiger partial charge in [0.25, 0.3) is 0 Å². The molecule has 1 aliphatic carbocycles. The summed E-state index contributed by atoms with van der Waals surface area (Å²) < 4.78 is 0. The van der Waals surface area contributed by atoms with Gasteiger partial charge < -0.3 is 10.2 Å². The minimum Gasteiger partial charge on any atom is -0.396 e. The number of rotatable bonds is 2. The molecule has 0 spiro atoms. The lowest BCUT2D eigenvalue weighted by Gasteiger charge is -2.49. The highest BCUT2D eigenvalue weighted by molar-refractivity contribution is 4.95. The van der Waals surface area contributed by atoms with Crippen LogP contribution >= 0.6 is 0 Å². The summed E-state index contributed by atoms with van der Waals surface area (Å²) in [4.78, 5) is 0. The van der Waals surface area contributed by atoms with Crippen molar-refractivity contribution in [3.63, 3.8) is 0 Å². The molecule has 2 heteroatoms. The molecule has 13 heavy (non-hydrogen) atoms. The lowest BCUT2D eigenvalue weighted by Crippen LogP contribution is -2.43. The van der Waals surface area contributed by atoms with Crippen molar-refractivity contribution >= 4 is 0 Å². The predicted octanol–water partition coefficient (Wildman–Crippen LogP) is 1.95. The van der Waals surface area contributed by atoms with Gasteiger partial charge in [-0.1, -0.05) is 20.8 Å². The van der Waals surface area contributed by atoms with Crippen LogP contribution in [0.2, 0.25) is 0 Å². The van der Waals surface area contributed by atoms with E-state index in [9.17, 15) is 5.11 Å². The summed E-state index contributed by atoms with van der Waals surface area (Å²) in [5, 5.41) is 18.6. The number of hydrogen-bond donors (Lipinski definition) is 2. The molecule has 2 atom stereocenters. The third kappa shape index (κ3) is 2.05. The first kappa shape index (κ1) is 11.0. The van der Waals surface area contributed by atoms with E-state index in [-0.39, 0.29) is 23.5 Å². The molecule has 0 aliphatic heterocycles. The van der Waals surface area contributed by atoms with E-state index in [4.69, 9.17) is 5.11 Å². The van der Waals surface area contributed by atoms with Gasteiger partial charge in [-0.3, -0.25) is 0 Å². The van der Waals surface area contributed by atoms with E-state index in [1.807, 2.05) is 0 Å². The molecule has 2 N–H and O–H groups in total. The molecule has 0 aromatic heterocycles. The third-order valence-electron chi connectivity index (χ3n) is 4.09. The first-order valence-corrected chi connectivity index (χ1v) is 5.20. The summed E-state index contributed by atoms with van der Waals surface area (Å²) in [5.41, 5.74) is 0.342. The SMILES string of the molecule is CC1(C)CCC(O)CC1(C)CCO. The van der Waals surface area contributed by atoms with Crippen LogP contribution in [0.25, 0.3) is 0 Å². The molecule has 1 saturated carbocycles. The van der Waals surface area contributed by atoms with Gasteiger partial charge in [0.1, 0.15) is 0 Å². The normalized spacial score (nSPS) is 39.0. The first-order valence-electron chi connectivity index (χ1n) is 5.20. The zero-order chi connectivity index (χ0) is 10.1. The Kier molecular flexibility index (Phi) is 3.03. The van der Waals surface area contributed by atoms with E-state index >= 15 is 0 Å². The van der Waals surface area contributed by atoms with Crippen LogP contribution in [-0.2, 0) is 0 Å². The van der Waals surface area contributed by atoms with Gasteiger partial charge in [0, 0.05) is 6.61 Å². The molecular formula is C11H22O2. The Bertz CT molecular complexity index is 177. The average Bonchev–Trinajstić information content (AvgIpc) is 1.99. The molecule has 2 unspecified atom stereocenters. The minimum atomic E-state index is -0.162. The Hall–Kier alpha value is -0.0800. The Labute approximate surface area is 81.0 Å². The van der Waals surface area contributed by atoms with Crippen LogP contribution in [0.15, 0.2) is 0 Å². The van der Waals surface area contributed by atoms with Crippen LogP contribution in [0.3, 0.4) is 0 Å². The van der Waals surface area contributed by atoms with Crippen molar-refractivity contribution in [1.82, 2.24) is 0 Å². The Morgan fingerprint density at radius 1 is 1.31 bits per heavy atom. The molecule has 0 heterocycles. The van der Waals surface area contributed by atoms with Gasteiger partial charge in [-0.15, -0.1) is 0 Å². The van der Waals surface area contributed by atoms with Crippen LogP contribution in [0, 0.1) is 10.8 Å². The average molecular weight is 186 g/mol. The number of aliphatic hydroxyl groups excluding tert-OH is 2. The molecule has 0 amide bonds. The van der Waals surface area contributed by atoms with E-state index in [2.05, 4.69) is 20.8 Å². The van der Waals surface area contributed by atoms with Crippen molar-refractivity contribution < 1.29 is 10.2 Å². The molecule has 78 valence electrons. The van der Waals surface area contributed by atoms with Crippen LogP contribution in [0.5, 0.6) is 0 Å². The van der Waals surface area contributed by atoms with Crippen molar-refractivity contribution in [1.29, 1.82) is 0 Å². The summed E-state index contributed by atoms with van der Waals surface area (Å²) >= 11 is 0. The van der Waals surface area contributed by atoms with Gasteiger partial charge >= 0.3 is 0 Å². The zero-order valence-corrected chi connectivity index (χ0v) is 9.01. The molecule has 1 rings (SSSR count). The summed E-state index contributed by atoms with van der Waals surface area (Å²) in [6, 6.07) is 0. The third-order valence-corrected chi connectivity index (χ3v) is 4.09. The maximum Gasteiger partial charge on any atom is 0.0545 e. The van der Waals surface area contributed by atoms with E-state index in [0.717, 1.165) is 25.7 Å². The molecule has 1 fully saturated rings. The maximum atomic E-state index is 9.62. The van der Waals surface area contributed by atoms with E-state index in [1.54, 1.807) is 0 Å². The highest BCUT2D eigenvalue weighted by Crippen LogP contribution is 2.51. The monoisotopic (exact) mass is 186 g/mol. The second kappa shape index (κ2) is 3.58. The van der Waals surface area contributed by atoms with Crippen LogP contribution < -0.4 is 0 Å². The second-order valence-corrected chi connectivity index (χ2v) is 5.31. The summed E-state index contributed by atoms with van der Waals surface area (Å²) in [6.07, 6.45) is 3.45. The van der Waals surface area contributed by atoms with Crippen LogP contribution in [-0.4, -0.2) is 22.9 Å². The molecular weight excluding hydrogens is 164 g/mol. The molecule has 2 nitrogen and oxygen atoms in total. The largest absolute Gasteiger partial charge is 0.396 e. The van der Waals surface area contributed by atoms with Crippen molar-refractivity contribution in [2.75, 3.05) is 6.61 Å². The maximum absolute atomic E-state index is 9.62. The number of aliphatic hydroxyl groups is 2. The van der Waals surface area contributed by atoms with E-state index < -0.39 is 0 Å². The molecule has 0 saturated heterocycles. The minimum absolute atomic E-state index is 0.0966. The fourth-order valence-electron chi connectivity index (χ4n) is 2.41. The summed E-state index contributed by atoms with van der Waals surface area (Å²) in [7, 11) is 0. The summed E-state index contributed by atoms with van der Waals surface area (Å²) in [6.45, 7) is 6.90.